The van der Waals surface area contributed by atoms with Gasteiger partial charge in [0.15, 0.2) is 0 Å². The first-order valence-corrected chi connectivity index (χ1v) is 13.3. The zero-order valence-electron chi connectivity index (χ0n) is 22.5. The Balaban J connectivity index is 1.62. The number of halogens is 2. The van der Waals surface area contributed by atoms with Crippen LogP contribution >= 0.6 is 11.6 Å². The molecule has 1 aliphatic carbocycles. The lowest BCUT2D eigenvalue weighted by Gasteiger charge is -2.19. The molecule has 1 amide bonds. The van der Waals surface area contributed by atoms with Crippen molar-refractivity contribution in [2.45, 2.75) is 25.9 Å². The molecule has 0 saturated carbocycles. The molecule has 1 aromatic heterocycles. The van der Waals surface area contributed by atoms with Crippen LogP contribution in [0.1, 0.15) is 40.9 Å². The standard InChI is InChI=1S/C32H25ClFN3O4/c1-32(2,41)17-10-11-18-16(14-17)15-23-21(29(35)38)13-12-19(26(18)23)20-6-5-9-25(27(20)33)37-30(39)22-7-4-8-24(34)28(22)36(3)31(37)40/h4-14,41H,15H2,1-3H3,(H2,35,38). The highest BCUT2D eigenvalue weighted by Crippen LogP contribution is 2.47. The Morgan fingerprint density at radius 2 is 1.71 bits per heavy atom. The number of aliphatic hydroxyl groups is 1. The van der Waals surface area contributed by atoms with Crippen molar-refractivity contribution in [1.29, 1.82) is 0 Å². The molecule has 0 bridgehead atoms. The average Bonchev–Trinajstić information content (AvgIpc) is 3.31. The summed E-state index contributed by atoms with van der Waals surface area (Å²) in [5, 5.41) is 10.7. The number of carbonyl (C=O) groups is 1. The number of nitrogens with zero attached hydrogens (tertiary/aromatic N) is 2. The molecule has 0 unspecified atom stereocenters. The van der Waals surface area contributed by atoms with Crippen LogP contribution in [-0.2, 0) is 19.1 Å². The number of hydrogen-bond donors (Lipinski definition) is 2. The predicted molar refractivity (Wildman–Crippen MR) is 157 cm³/mol. The average molecular weight is 570 g/mol. The molecule has 1 heterocycles. The molecule has 0 radical (unpaired) electrons. The normalized spacial score (nSPS) is 12.4. The molecule has 3 N–H and O–H groups in total. The van der Waals surface area contributed by atoms with E-state index in [2.05, 4.69) is 0 Å². The summed E-state index contributed by atoms with van der Waals surface area (Å²) in [5.41, 5.74) is 8.89. The number of benzene rings is 4. The van der Waals surface area contributed by atoms with Gasteiger partial charge in [-0.3, -0.25) is 14.2 Å². The second-order valence-corrected chi connectivity index (χ2v) is 11.1. The van der Waals surface area contributed by atoms with Crippen molar-refractivity contribution in [2.24, 2.45) is 12.8 Å². The first-order chi connectivity index (χ1) is 19.4. The van der Waals surface area contributed by atoms with E-state index >= 15 is 0 Å². The molecule has 1 aliphatic rings. The van der Waals surface area contributed by atoms with Gasteiger partial charge in [0.2, 0.25) is 5.91 Å². The largest absolute Gasteiger partial charge is 0.386 e. The van der Waals surface area contributed by atoms with E-state index in [9.17, 15) is 23.9 Å². The summed E-state index contributed by atoms with van der Waals surface area (Å²) in [7, 11) is 1.40. The Bertz CT molecular complexity index is 2070. The lowest BCUT2D eigenvalue weighted by Crippen LogP contribution is -2.38. The molecule has 9 heteroatoms. The summed E-state index contributed by atoms with van der Waals surface area (Å²) in [6.07, 6.45) is 0.425. The van der Waals surface area contributed by atoms with Crippen molar-refractivity contribution in [3.05, 3.63) is 121 Å². The van der Waals surface area contributed by atoms with Crippen LogP contribution in [0, 0.1) is 5.82 Å². The number of amides is 1. The van der Waals surface area contributed by atoms with Crippen LogP contribution in [0.25, 0.3) is 38.8 Å². The van der Waals surface area contributed by atoms with E-state index in [1.54, 1.807) is 44.2 Å². The third kappa shape index (κ3) is 4.02. The third-order valence-electron chi connectivity index (χ3n) is 7.77. The predicted octanol–water partition coefficient (Wildman–Crippen LogP) is 5.05. The van der Waals surface area contributed by atoms with Crippen LogP contribution in [0.2, 0.25) is 5.02 Å². The molecule has 0 spiro atoms. The molecule has 0 aliphatic heterocycles. The Morgan fingerprint density at radius 3 is 2.41 bits per heavy atom. The fourth-order valence-corrected chi connectivity index (χ4v) is 6.06. The summed E-state index contributed by atoms with van der Waals surface area (Å²) in [4.78, 5) is 39.2. The number of fused-ring (bicyclic) bond motifs is 4. The Kier molecular flexibility index (Phi) is 6.02. The molecular formula is C32H25ClFN3O4. The van der Waals surface area contributed by atoms with Crippen molar-refractivity contribution >= 4 is 28.4 Å². The highest BCUT2D eigenvalue weighted by Gasteiger charge is 2.29. The lowest BCUT2D eigenvalue weighted by atomic mass is 9.90. The molecule has 6 rings (SSSR count). The van der Waals surface area contributed by atoms with Crippen molar-refractivity contribution in [2.75, 3.05) is 0 Å². The fraction of sp³-hybridized carbons (Fsp3) is 0.156. The van der Waals surface area contributed by atoms with Crippen molar-refractivity contribution in [3.63, 3.8) is 0 Å². The zero-order chi connectivity index (χ0) is 29.4. The van der Waals surface area contributed by atoms with Gasteiger partial charge >= 0.3 is 5.69 Å². The molecule has 0 fully saturated rings. The van der Waals surface area contributed by atoms with Crippen LogP contribution in [0.5, 0.6) is 0 Å². The Hall–Kier alpha value is -4.53. The van der Waals surface area contributed by atoms with E-state index in [1.165, 1.54) is 25.2 Å². The molecule has 206 valence electrons. The minimum Gasteiger partial charge on any atom is -0.386 e. The van der Waals surface area contributed by atoms with E-state index in [4.69, 9.17) is 17.3 Å². The maximum absolute atomic E-state index is 14.6. The SMILES string of the molecule is Cn1c(=O)n(-c2cccc(-c3ccc(C(N)=O)c4c3-c3ccc(C(C)(C)O)cc3C4)c2Cl)c(=O)c2cccc(F)c21. The van der Waals surface area contributed by atoms with E-state index in [0.717, 1.165) is 37.0 Å². The van der Waals surface area contributed by atoms with E-state index in [0.29, 0.717) is 23.1 Å². The number of aryl methyl sites for hydroxylation is 1. The van der Waals surface area contributed by atoms with E-state index in [-0.39, 0.29) is 21.6 Å². The molecule has 4 aromatic carbocycles. The summed E-state index contributed by atoms with van der Waals surface area (Å²) >= 11 is 6.97. The van der Waals surface area contributed by atoms with Gasteiger partial charge in [-0.05, 0) is 77.9 Å². The number of carbonyl (C=O) groups excluding carboxylic acids is 1. The number of para-hydroxylation sites is 1. The summed E-state index contributed by atoms with van der Waals surface area (Å²) < 4.78 is 16.6. The van der Waals surface area contributed by atoms with Gasteiger partial charge in [0.25, 0.3) is 5.56 Å². The Morgan fingerprint density at radius 1 is 1.00 bits per heavy atom. The third-order valence-corrected chi connectivity index (χ3v) is 8.17. The topological polar surface area (TPSA) is 107 Å². The van der Waals surface area contributed by atoms with Crippen LogP contribution in [0.15, 0.2) is 76.3 Å². The fourth-order valence-electron chi connectivity index (χ4n) is 5.74. The number of nitrogens with two attached hydrogens (primary N) is 1. The molecule has 41 heavy (non-hydrogen) atoms. The molecule has 0 saturated heterocycles. The highest BCUT2D eigenvalue weighted by atomic mass is 35.5. The van der Waals surface area contributed by atoms with Gasteiger partial charge in [0.1, 0.15) is 5.82 Å². The number of aromatic nitrogens is 2. The van der Waals surface area contributed by atoms with Gasteiger partial charge in [-0.2, -0.15) is 0 Å². The maximum Gasteiger partial charge on any atom is 0.336 e. The zero-order valence-corrected chi connectivity index (χ0v) is 23.2. The van der Waals surface area contributed by atoms with E-state index < -0.39 is 28.6 Å². The van der Waals surface area contributed by atoms with Gasteiger partial charge in [0, 0.05) is 18.2 Å². The number of primary amides is 1. The second kappa shape index (κ2) is 9.26. The van der Waals surface area contributed by atoms with Crippen LogP contribution in [-0.4, -0.2) is 20.1 Å². The smallest absolute Gasteiger partial charge is 0.336 e. The van der Waals surface area contributed by atoms with Gasteiger partial charge in [-0.15, -0.1) is 0 Å². The van der Waals surface area contributed by atoms with Gasteiger partial charge < -0.3 is 10.8 Å². The molecule has 5 aromatic rings. The second-order valence-electron chi connectivity index (χ2n) is 10.7. The van der Waals surface area contributed by atoms with Crippen molar-refractivity contribution in [1.82, 2.24) is 9.13 Å². The van der Waals surface area contributed by atoms with Crippen LogP contribution in [0.4, 0.5) is 4.39 Å². The minimum absolute atomic E-state index is 0.0387. The minimum atomic E-state index is -1.06. The van der Waals surface area contributed by atoms with Crippen molar-refractivity contribution in [3.8, 4) is 27.9 Å². The molecule has 7 nitrogen and oxygen atoms in total. The van der Waals surface area contributed by atoms with Gasteiger partial charge in [-0.25, -0.2) is 13.8 Å². The first-order valence-electron chi connectivity index (χ1n) is 12.9. The molecule has 0 atom stereocenters. The van der Waals surface area contributed by atoms with Gasteiger partial charge in [-0.1, -0.05) is 54.1 Å². The van der Waals surface area contributed by atoms with Gasteiger partial charge in [0.05, 0.1) is 27.2 Å². The van der Waals surface area contributed by atoms with Crippen molar-refractivity contribution < 1.29 is 14.3 Å². The first kappa shape index (κ1) is 26.7. The monoisotopic (exact) mass is 569 g/mol. The maximum atomic E-state index is 14.6. The lowest BCUT2D eigenvalue weighted by molar-refractivity contribution is 0.0785. The summed E-state index contributed by atoms with van der Waals surface area (Å²) in [5.74, 6) is -1.25. The molecular weight excluding hydrogens is 545 g/mol. The highest BCUT2D eigenvalue weighted by molar-refractivity contribution is 6.35. The number of rotatable bonds is 4. The van der Waals surface area contributed by atoms with Crippen LogP contribution in [0.3, 0.4) is 0 Å². The van der Waals surface area contributed by atoms with Crippen LogP contribution < -0.4 is 17.0 Å². The van der Waals surface area contributed by atoms with E-state index in [1.807, 2.05) is 18.2 Å². The quantitative estimate of drug-likeness (QED) is 0.310. The summed E-state index contributed by atoms with van der Waals surface area (Å²) in [6, 6.07) is 18.1. The summed E-state index contributed by atoms with van der Waals surface area (Å²) in [6.45, 7) is 3.41. The Labute approximate surface area is 238 Å². The number of hydrogen-bond acceptors (Lipinski definition) is 4.